The molecule has 2 aromatic rings. The molecule has 0 aliphatic heterocycles. The summed E-state index contributed by atoms with van der Waals surface area (Å²) in [6.07, 6.45) is 1.16. The molecule has 0 aliphatic rings. The molecule has 0 unspecified atom stereocenters. The highest BCUT2D eigenvalue weighted by Crippen LogP contribution is 2.32. The van der Waals surface area contributed by atoms with Crippen molar-refractivity contribution in [2.24, 2.45) is 0 Å². The lowest BCUT2D eigenvalue weighted by Gasteiger charge is -2.16. The zero-order valence-corrected chi connectivity index (χ0v) is 16.1. The fourth-order valence-electron chi connectivity index (χ4n) is 2.14. The van der Waals surface area contributed by atoms with Gasteiger partial charge in [0, 0.05) is 22.4 Å². The van der Waals surface area contributed by atoms with Crippen LogP contribution in [-0.4, -0.2) is 25.0 Å². The van der Waals surface area contributed by atoms with Crippen LogP contribution >= 0.6 is 43.2 Å². The Morgan fingerprint density at radius 3 is 2.62 bits per heavy atom. The number of hydrogen-bond donors (Lipinski definition) is 1. The van der Waals surface area contributed by atoms with Gasteiger partial charge < -0.3 is 10.2 Å². The minimum atomic E-state index is 0.942. The van der Waals surface area contributed by atoms with E-state index in [4.69, 9.17) is 0 Å². The van der Waals surface area contributed by atoms with Crippen LogP contribution in [0.3, 0.4) is 0 Å². The van der Waals surface area contributed by atoms with Gasteiger partial charge in [0.05, 0.1) is 3.79 Å². The van der Waals surface area contributed by atoms with Gasteiger partial charge in [-0.15, -0.1) is 11.3 Å². The molecule has 0 amide bonds. The lowest BCUT2D eigenvalue weighted by atomic mass is 10.2. The van der Waals surface area contributed by atoms with Crippen LogP contribution in [0.2, 0.25) is 0 Å². The van der Waals surface area contributed by atoms with Gasteiger partial charge in [0.25, 0.3) is 0 Å². The lowest BCUT2D eigenvalue weighted by molar-refractivity contribution is 0.319. The van der Waals surface area contributed by atoms with Gasteiger partial charge in [0.2, 0.25) is 0 Å². The fourth-order valence-corrected chi connectivity index (χ4v) is 4.28. The average Bonchev–Trinajstić information content (AvgIpc) is 2.78. The van der Waals surface area contributed by atoms with E-state index in [9.17, 15) is 0 Å². The predicted octanol–water partition coefficient (Wildman–Crippen LogP) is 4.88. The Kier molecular flexibility index (Phi) is 7.40. The minimum Gasteiger partial charge on any atom is -0.312 e. The van der Waals surface area contributed by atoms with Gasteiger partial charge >= 0.3 is 0 Å². The molecule has 0 atom stereocenters. The molecule has 0 radical (unpaired) electrons. The van der Waals surface area contributed by atoms with E-state index in [0.29, 0.717) is 0 Å². The van der Waals surface area contributed by atoms with E-state index in [1.54, 1.807) is 11.3 Å². The molecular weight excluding hydrogens is 412 g/mol. The van der Waals surface area contributed by atoms with Gasteiger partial charge in [-0.3, -0.25) is 0 Å². The molecule has 1 aromatic carbocycles. The molecule has 1 aromatic heterocycles. The van der Waals surface area contributed by atoms with Crippen LogP contribution < -0.4 is 5.32 Å². The monoisotopic (exact) mass is 430 g/mol. The zero-order chi connectivity index (χ0) is 15.1. The van der Waals surface area contributed by atoms with Crippen molar-refractivity contribution in [3.05, 3.63) is 55.1 Å². The second-order valence-corrected chi connectivity index (χ2v) is 8.40. The summed E-state index contributed by atoms with van der Waals surface area (Å²) in [4.78, 5) is 3.72. The van der Waals surface area contributed by atoms with E-state index in [0.717, 1.165) is 37.1 Å². The first-order valence-corrected chi connectivity index (χ1v) is 9.42. The fraction of sp³-hybridized carbons (Fsp3) is 0.375. The average molecular weight is 432 g/mol. The first-order valence-electron chi connectivity index (χ1n) is 7.02. The normalized spacial score (nSPS) is 11.2. The van der Waals surface area contributed by atoms with Crippen molar-refractivity contribution in [3.63, 3.8) is 0 Å². The van der Waals surface area contributed by atoms with Gasteiger partial charge in [0.15, 0.2) is 0 Å². The number of thiophene rings is 1. The van der Waals surface area contributed by atoms with Crippen molar-refractivity contribution in [1.82, 2.24) is 10.2 Å². The number of rotatable bonds is 8. The number of nitrogens with zero attached hydrogens (tertiary/aromatic N) is 1. The van der Waals surface area contributed by atoms with Crippen LogP contribution in [0.4, 0.5) is 0 Å². The molecule has 0 saturated heterocycles. The number of hydrogen-bond acceptors (Lipinski definition) is 3. The SMILES string of the molecule is CN(CCCNCc1cc(Br)c(Br)s1)Cc1ccccc1. The molecule has 1 heterocycles. The number of nitrogens with one attached hydrogen (secondary N) is 1. The maximum Gasteiger partial charge on any atom is 0.0843 e. The van der Waals surface area contributed by atoms with Gasteiger partial charge in [-0.05, 0) is 70.0 Å². The van der Waals surface area contributed by atoms with E-state index < -0.39 is 0 Å². The summed E-state index contributed by atoms with van der Waals surface area (Å²) in [6, 6.07) is 12.8. The molecule has 0 spiro atoms. The predicted molar refractivity (Wildman–Crippen MR) is 98.8 cm³/mol. The van der Waals surface area contributed by atoms with Crippen LogP contribution in [0.25, 0.3) is 0 Å². The van der Waals surface area contributed by atoms with Gasteiger partial charge in [-0.25, -0.2) is 0 Å². The Morgan fingerprint density at radius 1 is 1.19 bits per heavy atom. The van der Waals surface area contributed by atoms with Crippen LogP contribution in [0.15, 0.2) is 44.7 Å². The van der Waals surface area contributed by atoms with E-state index in [1.807, 2.05) is 0 Å². The summed E-state index contributed by atoms with van der Waals surface area (Å²) in [5.41, 5.74) is 1.38. The summed E-state index contributed by atoms with van der Waals surface area (Å²) in [5.74, 6) is 0. The summed E-state index contributed by atoms with van der Waals surface area (Å²) in [5, 5.41) is 3.50. The van der Waals surface area contributed by atoms with Gasteiger partial charge in [-0.2, -0.15) is 0 Å². The molecule has 0 fully saturated rings. The summed E-state index contributed by atoms with van der Waals surface area (Å²) in [7, 11) is 2.18. The third-order valence-electron chi connectivity index (χ3n) is 3.18. The first-order chi connectivity index (χ1) is 10.1. The maximum absolute atomic E-state index is 3.53. The summed E-state index contributed by atoms with van der Waals surface area (Å²) < 4.78 is 2.31. The lowest BCUT2D eigenvalue weighted by Crippen LogP contribution is -2.23. The van der Waals surface area contributed by atoms with Crippen molar-refractivity contribution in [3.8, 4) is 0 Å². The Labute approximate surface area is 147 Å². The van der Waals surface area contributed by atoms with E-state index in [-0.39, 0.29) is 0 Å². The molecule has 0 saturated carbocycles. The largest absolute Gasteiger partial charge is 0.312 e. The molecule has 0 aliphatic carbocycles. The first kappa shape index (κ1) is 17.2. The second kappa shape index (κ2) is 9.06. The minimum absolute atomic E-state index is 0.942. The Morgan fingerprint density at radius 2 is 1.95 bits per heavy atom. The van der Waals surface area contributed by atoms with Crippen LogP contribution in [-0.2, 0) is 13.1 Å². The zero-order valence-electron chi connectivity index (χ0n) is 12.1. The van der Waals surface area contributed by atoms with Crippen molar-refractivity contribution in [1.29, 1.82) is 0 Å². The summed E-state index contributed by atoms with van der Waals surface area (Å²) >= 11 is 8.82. The van der Waals surface area contributed by atoms with Crippen molar-refractivity contribution < 1.29 is 0 Å². The highest BCUT2D eigenvalue weighted by atomic mass is 79.9. The topological polar surface area (TPSA) is 15.3 Å². The molecule has 21 heavy (non-hydrogen) atoms. The molecule has 5 heteroatoms. The standard InChI is InChI=1S/C16H20Br2N2S/c1-20(12-13-6-3-2-4-7-13)9-5-8-19-11-14-10-15(17)16(18)21-14/h2-4,6-7,10,19H,5,8-9,11-12H2,1H3. The summed E-state index contributed by atoms with van der Waals surface area (Å²) in [6.45, 7) is 4.12. The molecule has 114 valence electrons. The van der Waals surface area contributed by atoms with Crippen LogP contribution in [0.5, 0.6) is 0 Å². The number of halogens is 2. The van der Waals surface area contributed by atoms with Crippen LogP contribution in [0.1, 0.15) is 16.9 Å². The smallest absolute Gasteiger partial charge is 0.0843 e. The van der Waals surface area contributed by atoms with E-state index >= 15 is 0 Å². The Bertz CT molecular complexity index is 523. The third kappa shape index (κ3) is 6.20. The van der Waals surface area contributed by atoms with Gasteiger partial charge in [0.1, 0.15) is 0 Å². The maximum atomic E-state index is 3.53. The van der Waals surface area contributed by atoms with Gasteiger partial charge in [-0.1, -0.05) is 30.3 Å². The van der Waals surface area contributed by atoms with Crippen LogP contribution in [0, 0.1) is 0 Å². The molecule has 1 N–H and O–H groups in total. The number of benzene rings is 1. The molecule has 2 rings (SSSR count). The third-order valence-corrected chi connectivity index (χ3v) is 6.44. The van der Waals surface area contributed by atoms with E-state index in [1.165, 1.54) is 14.2 Å². The molecule has 0 bridgehead atoms. The van der Waals surface area contributed by atoms with Crippen molar-refractivity contribution >= 4 is 43.2 Å². The highest BCUT2D eigenvalue weighted by molar-refractivity contribution is 9.13. The quantitative estimate of drug-likeness (QED) is 0.598. The molecular formula is C16H20Br2N2S. The molecule has 2 nitrogen and oxygen atoms in total. The van der Waals surface area contributed by atoms with Crippen molar-refractivity contribution in [2.75, 3.05) is 20.1 Å². The van der Waals surface area contributed by atoms with E-state index in [2.05, 4.69) is 85.5 Å². The highest BCUT2D eigenvalue weighted by Gasteiger charge is 2.04. The Hall–Kier alpha value is -0.200. The second-order valence-electron chi connectivity index (χ2n) is 5.09. The van der Waals surface area contributed by atoms with Crippen molar-refractivity contribution in [2.45, 2.75) is 19.5 Å². The Balaban J connectivity index is 1.59.